The van der Waals surface area contributed by atoms with Crippen LogP contribution in [-0.4, -0.2) is 55.5 Å². The molecule has 25 heavy (non-hydrogen) atoms. The lowest BCUT2D eigenvalue weighted by molar-refractivity contribution is -0.138. The highest BCUT2D eigenvalue weighted by atomic mass is 35.5. The lowest BCUT2D eigenvalue weighted by Crippen LogP contribution is -2.54. The Morgan fingerprint density at radius 2 is 2.12 bits per heavy atom. The number of nitrogens with zero attached hydrogens (tertiary/aromatic N) is 2. The summed E-state index contributed by atoms with van der Waals surface area (Å²) in [6, 6.07) is 7.69. The highest BCUT2D eigenvalue weighted by Gasteiger charge is 2.39. The minimum atomic E-state index is -0.271. The predicted octanol–water partition coefficient (Wildman–Crippen LogP) is 1.68. The number of carbonyl (C=O) groups is 2. The van der Waals surface area contributed by atoms with E-state index in [-0.39, 0.29) is 42.6 Å². The molecule has 1 unspecified atom stereocenters. The Bertz CT molecular complexity index is 625. The van der Waals surface area contributed by atoms with E-state index in [0.29, 0.717) is 25.4 Å². The molecule has 2 atom stereocenters. The van der Waals surface area contributed by atoms with Gasteiger partial charge in [-0.05, 0) is 26.0 Å². The van der Waals surface area contributed by atoms with Crippen molar-refractivity contribution in [2.24, 2.45) is 5.92 Å². The van der Waals surface area contributed by atoms with E-state index in [0.717, 1.165) is 18.8 Å². The maximum atomic E-state index is 12.8. The van der Waals surface area contributed by atoms with Gasteiger partial charge in [-0.25, -0.2) is 0 Å². The van der Waals surface area contributed by atoms with Crippen molar-refractivity contribution < 1.29 is 14.3 Å². The van der Waals surface area contributed by atoms with Crippen molar-refractivity contribution in [3.63, 3.8) is 0 Å². The minimum Gasteiger partial charge on any atom is -0.492 e. The Kier molecular flexibility index (Phi) is 6.67. The number of ether oxygens (including phenoxy) is 1. The van der Waals surface area contributed by atoms with Crippen molar-refractivity contribution in [1.82, 2.24) is 10.2 Å². The second-order valence-corrected chi connectivity index (χ2v) is 6.39. The molecule has 0 aliphatic carbocycles. The van der Waals surface area contributed by atoms with Gasteiger partial charge in [0.15, 0.2) is 0 Å². The topological polar surface area (TPSA) is 61.9 Å². The van der Waals surface area contributed by atoms with Crippen LogP contribution in [0.5, 0.6) is 5.75 Å². The van der Waals surface area contributed by atoms with Crippen LogP contribution >= 0.6 is 12.4 Å². The number of amides is 2. The second-order valence-electron chi connectivity index (χ2n) is 6.39. The minimum absolute atomic E-state index is 0. The molecule has 1 aromatic rings. The van der Waals surface area contributed by atoms with E-state index in [1.165, 1.54) is 0 Å². The number of halogens is 1. The van der Waals surface area contributed by atoms with Crippen LogP contribution in [-0.2, 0) is 9.59 Å². The summed E-state index contributed by atoms with van der Waals surface area (Å²) in [6.45, 7) is 7.26. The Balaban J connectivity index is 0.00000225. The van der Waals surface area contributed by atoms with Gasteiger partial charge in [0.05, 0.1) is 18.2 Å². The summed E-state index contributed by atoms with van der Waals surface area (Å²) in [5.41, 5.74) is 0.757. The molecule has 3 rings (SSSR count). The van der Waals surface area contributed by atoms with Crippen LogP contribution in [0.15, 0.2) is 24.3 Å². The number of carbonyl (C=O) groups excluding carboxylic acids is 2. The van der Waals surface area contributed by atoms with Crippen molar-refractivity contribution in [2.75, 3.05) is 37.7 Å². The molecule has 1 aromatic carbocycles. The molecule has 2 fully saturated rings. The molecular formula is C18H26ClN3O3. The number of para-hydroxylation sites is 2. The Morgan fingerprint density at radius 1 is 1.36 bits per heavy atom. The molecule has 2 aliphatic heterocycles. The van der Waals surface area contributed by atoms with E-state index in [1.807, 2.05) is 43.0 Å². The normalized spacial score (nSPS) is 23.4. The van der Waals surface area contributed by atoms with E-state index in [4.69, 9.17) is 4.74 Å². The standard InChI is InChI=1S/C18H25N3O3.ClH/c1-3-24-16-7-5-4-6-15(16)21-12-14(10-17(21)22)18(23)20-9-8-19-11-13(20)2;/h4-7,13-14,19H,3,8-12H2,1-2H3;1H/t13-,14?;/m0./s1. The average molecular weight is 368 g/mol. The van der Waals surface area contributed by atoms with Crippen LogP contribution in [0.2, 0.25) is 0 Å². The van der Waals surface area contributed by atoms with Gasteiger partial charge >= 0.3 is 0 Å². The van der Waals surface area contributed by atoms with Gasteiger partial charge in [-0.1, -0.05) is 12.1 Å². The van der Waals surface area contributed by atoms with Gasteiger partial charge in [0.1, 0.15) is 5.75 Å². The summed E-state index contributed by atoms with van der Waals surface area (Å²) in [5.74, 6) is 0.502. The molecule has 2 aliphatic rings. The van der Waals surface area contributed by atoms with Crippen molar-refractivity contribution in [1.29, 1.82) is 0 Å². The maximum absolute atomic E-state index is 12.8. The molecule has 0 aromatic heterocycles. The smallest absolute Gasteiger partial charge is 0.228 e. The first-order chi connectivity index (χ1) is 11.6. The zero-order chi connectivity index (χ0) is 17.1. The molecule has 6 nitrogen and oxygen atoms in total. The van der Waals surface area contributed by atoms with Crippen LogP contribution in [0.1, 0.15) is 20.3 Å². The number of nitrogens with one attached hydrogen (secondary N) is 1. The first-order valence-electron chi connectivity index (χ1n) is 8.65. The van der Waals surface area contributed by atoms with E-state index >= 15 is 0 Å². The van der Waals surface area contributed by atoms with Crippen molar-refractivity contribution in [3.8, 4) is 5.75 Å². The van der Waals surface area contributed by atoms with Crippen LogP contribution in [0, 0.1) is 5.92 Å². The summed E-state index contributed by atoms with van der Waals surface area (Å²) in [4.78, 5) is 28.9. The molecule has 2 saturated heterocycles. The second kappa shape index (κ2) is 8.54. The van der Waals surface area contributed by atoms with E-state index in [1.54, 1.807) is 4.90 Å². The average Bonchev–Trinajstić information content (AvgIpc) is 2.97. The van der Waals surface area contributed by atoms with Gasteiger partial charge in [-0.3, -0.25) is 9.59 Å². The van der Waals surface area contributed by atoms with Crippen LogP contribution < -0.4 is 15.0 Å². The fourth-order valence-electron chi connectivity index (χ4n) is 3.47. The van der Waals surface area contributed by atoms with Gasteiger partial charge in [0, 0.05) is 38.6 Å². The molecule has 0 spiro atoms. The lowest BCUT2D eigenvalue weighted by Gasteiger charge is -2.35. The number of anilines is 1. The molecule has 1 N–H and O–H groups in total. The maximum Gasteiger partial charge on any atom is 0.228 e. The predicted molar refractivity (Wildman–Crippen MR) is 99.4 cm³/mol. The first-order valence-corrected chi connectivity index (χ1v) is 8.65. The Hall–Kier alpha value is -1.79. The highest BCUT2D eigenvalue weighted by Crippen LogP contribution is 2.33. The summed E-state index contributed by atoms with van der Waals surface area (Å²) in [5, 5.41) is 3.29. The molecule has 0 radical (unpaired) electrons. The van der Waals surface area contributed by atoms with Crippen LogP contribution in [0.4, 0.5) is 5.69 Å². The van der Waals surface area contributed by atoms with E-state index in [9.17, 15) is 9.59 Å². The molecule has 0 saturated carbocycles. The number of rotatable bonds is 4. The van der Waals surface area contributed by atoms with E-state index in [2.05, 4.69) is 5.32 Å². The van der Waals surface area contributed by atoms with Crippen molar-refractivity contribution >= 4 is 29.9 Å². The molecular weight excluding hydrogens is 342 g/mol. The number of piperazine rings is 1. The van der Waals surface area contributed by atoms with Gasteiger partial charge in [-0.15, -0.1) is 12.4 Å². The largest absolute Gasteiger partial charge is 0.492 e. The zero-order valence-electron chi connectivity index (χ0n) is 14.7. The summed E-state index contributed by atoms with van der Waals surface area (Å²) in [6.07, 6.45) is 0.274. The fraction of sp³-hybridized carbons (Fsp3) is 0.556. The summed E-state index contributed by atoms with van der Waals surface area (Å²) in [7, 11) is 0. The summed E-state index contributed by atoms with van der Waals surface area (Å²) < 4.78 is 5.63. The van der Waals surface area contributed by atoms with Crippen molar-refractivity contribution in [2.45, 2.75) is 26.3 Å². The monoisotopic (exact) mass is 367 g/mol. The third-order valence-corrected chi connectivity index (χ3v) is 4.71. The van der Waals surface area contributed by atoms with E-state index < -0.39 is 0 Å². The molecule has 138 valence electrons. The third-order valence-electron chi connectivity index (χ3n) is 4.71. The Morgan fingerprint density at radius 3 is 2.84 bits per heavy atom. The SMILES string of the molecule is CCOc1ccccc1N1CC(C(=O)N2CCNC[C@@H]2C)CC1=O.Cl. The zero-order valence-corrected chi connectivity index (χ0v) is 15.6. The lowest BCUT2D eigenvalue weighted by atomic mass is 10.1. The van der Waals surface area contributed by atoms with Gasteiger partial charge in [0.2, 0.25) is 11.8 Å². The molecule has 7 heteroatoms. The Labute approximate surface area is 154 Å². The summed E-state index contributed by atoms with van der Waals surface area (Å²) >= 11 is 0. The number of hydrogen-bond donors (Lipinski definition) is 1. The fourth-order valence-corrected chi connectivity index (χ4v) is 3.47. The van der Waals surface area contributed by atoms with Gasteiger partial charge in [0.25, 0.3) is 0 Å². The van der Waals surface area contributed by atoms with Crippen LogP contribution in [0.3, 0.4) is 0 Å². The quantitative estimate of drug-likeness (QED) is 0.879. The third kappa shape index (κ3) is 4.07. The van der Waals surface area contributed by atoms with Gasteiger partial charge < -0.3 is 19.9 Å². The molecule has 2 heterocycles. The highest BCUT2D eigenvalue weighted by molar-refractivity contribution is 6.01. The van der Waals surface area contributed by atoms with Crippen LogP contribution in [0.25, 0.3) is 0 Å². The van der Waals surface area contributed by atoms with Gasteiger partial charge in [-0.2, -0.15) is 0 Å². The number of benzene rings is 1. The molecule has 2 amide bonds. The molecule has 0 bridgehead atoms. The first kappa shape index (κ1) is 19.5. The van der Waals surface area contributed by atoms with Crippen molar-refractivity contribution in [3.05, 3.63) is 24.3 Å². The number of hydrogen-bond acceptors (Lipinski definition) is 4.